The van der Waals surface area contributed by atoms with Gasteiger partial charge >= 0.3 is 19.5 Å². The Hall–Kier alpha value is -2.98. The van der Waals surface area contributed by atoms with Gasteiger partial charge in [0.25, 0.3) is 5.56 Å². The Balaban J connectivity index is 1.69. The maximum Gasteiger partial charge on any atom is 0.530 e. The molecule has 178 valence electrons. The smallest absolute Gasteiger partial charge is 0.464 e. The van der Waals surface area contributed by atoms with Crippen molar-refractivity contribution in [2.45, 2.75) is 39.2 Å². The average Bonchev–Trinajstić information content (AvgIpc) is 3.24. The highest BCUT2D eigenvalue weighted by Gasteiger charge is 2.36. The van der Waals surface area contributed by atoms with Gasteiger partial charge in [0.1, 0.15) is 11.9 Å². The molecule has 12 heteroatoms. The summed E-state index contributed by atoms with van der Waals surface area (Å²) in [6.45, 7) is 4.44. The average molecular weight is 480 g/mol. The van der Waals surface area contributed by atoms with Crippen LogP contribution in [-0.4, -0.2) is 40.9 Å². The van der Waals surface area contributed by atoms with Crippen LogP contribution in [0.1, 0.15) is 25.6 Å². The molecule has 11 nitrogen and oxygen atoms in total. The molecule has 0 radical (unpaired) electrons. The Bertz CT molecular complexity index is 1160. The predicted octanol–water partition coefficient (Wildman–Crippen LogP) is 2.47. The van der Waals surface area contributed by atoms with E-state index in [9.17, 15) is 18.9 Å². The molecule has 0 bridgehead atoms. The Morgan fingerprint density at radius 2 is 1.97 bits per heavy atom. The number of H-pyrrole nitrogens is 1. The van der Waals surface area contributed by atoms with E-state index in [2.05, 4.69) is 4.98 Å². The van der Waals surface area contributed by atoms with Crippen LogP contribution in [0.25, 0.3) is 0 Å². The predicted molar refractivity (Wildman–Crippen MR) is 117 cm³/mol. The summed E-state index contributed by atoms with van der Waals surface area (Å²) >= 11 is 0. The summed E-state index contributed by atoms with van der Waals surface area (Å²) < 4.78 is 41.4. The molecule has 2 aromatic rings. The number of esters is 1. The summed E-state index contributed by atoms with van der Waals surface area (Å²) in [4.78, 5) is 37.8. The summed E-state index contributed by atoms with van der Waals surface area (Å²) in [6, 6.07) is 8.21. The molecular formula is C21H25N2O9P. The molecule has 0 saturated heterocycles. The number of aromatic amines is 1. The van der Waals surface area contributed by atoms with E-state index >= 15 is 0 Å². The normalized spacial score (nSPS) is 20.2. The Kier molecular flexibility index (Phi) is 8.04. The number of benzene rings is 1. The zero-order valence-corrected chi connectivity index (χ0v) is 19.2. The number of ether oxygens (including phenoxy) is 2. The van der Waals surface area contributed by atoms with E-state index < -0.39 is 43.5 Å². The third kappa shape index (κ3) is 6.52. The molecule has 1 aromatic heterocycles. The molecule has 0 spiro atoms. The highest BCUT2D eigenvalue weighted by molar-refractivity contribution is 7.49. The van der Waals surface area contributed by atoms with Gasteiger partial charge in [0, 0.05) is 11.8 Å². The van der Waals surface area contributed by atoms with E-state index in [1.165, 1.54) is 17.7 Å². The largest absolute Gasteiger partial charge is 0.530 e. The lowest BCUT2D eigenvalue weighted by molar-refractivity contribution is -0.151. The number of carbonyl (C=O) groups excluding carboxylic acids is 1. The molecule has 2 heterocycles. The summed E-state index contributed by atoms with van der Waals surface area (Å²) in [5.41, 5.74) is -0.773. The van der Waals surface area contributed by atoms with Crippen molar-refractivity contribution in [3.63, 3.8) is 0 Å². The fourth-order valence-electron chi connectivity index (χ4n) is 2.87. The van der Waals surface area contributed by atoms with Crippen molar-refractivity contribution in [2.24, 2.45) is 0 Å². The molecule has 33 heavy (non-hydrogen) atoms. The van der Waals surface area contributed by atoms with Crippen LogP contribution in [0.4, 0.5) is 0 Å². The minimum atomic E-state index is -4.27. The molecule has 4 atom stereocenters. The molecule has 0 aliphatic carbocycles. The highest BCUT2D eigenvalue weighted by atomic mass is 31.2. The van der Waals surface area contributed by atoms with E-state index in [0.717, 1.165) is 0 Å². The fourth-order valence-corrected chi connectivity index (χ4v) is 4.21. The van der Waals surface area contributed by atoms with Crippen molar-refractivity contribution in [1.82, 2.24) is 9.55 Å². The minimum Gasteiger partial charge on any atom is -0.464 e. The number of phosphoric acid groups is 1. The SMILES string of the molecule is CCOC(=O)[C@H](C)OP(=O)(OC[C@@H]1C=C[C@H](n2cc(C)c(=O)[nH]c2=O)O1)Oc1ccccc1. The van der Waals surface area contributed by atoms with Gasteiger partial charge < -0.3 is 14.0 Å². The molecule has 1 unspecified atom stereocenters. The van der Waals surface area contributed by atoms with Crippen molar-refractivity contribution >= 4 is 13.8 Å². The molecule has 3 rings (SSSR count). The van der Waals surface area contributed by atoms with Crippen LogP contribution in [0.2, 0.25) is 0 Å². The number of aromatic nitrogens is 2. The first kappa shape index (κ1) is 24.7. The molecule has 0 amide bonds. The summed E-state index contributed by atoms with van der Waals surface area (Å²) in [6.07, 6.45) is 1.87. The van der Waals surface area contributed by atoms with E-state index in [0.29, 0.717) is 5.56 Å². The highest BCUT2D eigenvalue weighted by Crippen LogP contribution is 2.51. The second-order valence-corrected chi connectivity index (χ2v) is 8.62. The molecule has 1 aliphatic heterocycles. The lowest BCUT2D eigenvalue weighted by Crippen LogP contribution is -2.33. The lowest BCUT2D eigenvalue weighted by atomic mass is 10.3. The zero-order valence-electron chi connectivity index (χ0n) is 18.3. The topological polar surface area (TPSA) is 135 Å². The zero-order chi connectivity index (χ0) is 24.0. The maximum absolute atomic E-state index is 13.3. The van der Waals surface area contributed by atoms with Crippen molar-refractivity contribution in [2.75, 3.05) is 13.2 Å². The Morgan fingerprint density at radius 1 is 1.24 bits per heavy atom. The van der Waals surface area contributed by atoms with Gasteiger partial charge in [-0.25, -0.2) is 14.2 Å². The number of carbonyl (C=O) groups is 1. The van der Waals surface area contributed by atoms with E-state index in [1.54, 1.807) is 56.3 Å². The number of phosphoric ester groups is 1. The number of nitrogens with zero attached hydrogens (tertiary/aromatic N) is 1. The lowest BCUT2D eigenvalue weighted by Gasteiger charge is -2.23. The van der Waals surface area contributed by atoms with Crippen LogP contribution in [0.15, 0.2) is 58.3 Å². The summed E-state index contributed by atoms with van der Waals surface area (Å²) in [5.74, 6) is -0.504. The monoisotopic (exact) mass is 480 g/mol. The van der Waals surface area contributed by atoms with Crippen molar-refractivity contribution in [3.05, 3.63) is 75.1 Å². The Morgan fingerprint density at radius 3 is 2.67 bits per heavy atom. The first-order chi connectivity index (χ1) is 15.7. The first-order valence-electron chi connectivity index (χ1n) is 10.2. The van der Waals surface area contributed by atoms with Crippen LogP contribution < -0.4 is 15.8 Å². The number of nitrogens with one attached hydrogen (secondary N) is 1. The van der Waals surface area contributed by atoms with Crippen LogP contribution in [0.5, 0.6) is 5.75 Å². The number of para-hydroxylation sites is 1. The summed E-state index contributed by atoms with van der Waals surface area (Å²) in [7, 11) is -4.27. The molecule has 0 saturated carbocycles. The third-order valence-corrected chi connectivity index (χ3v) is 5.96. The summed E-state index contributed by atoms with van der Waals surface area (Å²) in [5, 5.41) is 0. The molecule has 1 aromatic carbocycles. The van der Waals surface area contributed by atoms with E-state index in [-0.39, 0.29) is 19.0 Å². The van der Waals surface area contributed by atoms with Crippen LogP contribution in [0.3, 0.4) is 0 Å². The molecular weight excluding hydrogens is 455 g/mol. The Labute approximate surface area is 189 Å². The number of hydrogen-bond donors (Lipinski definition) is 1. The van der Waals surface area contributed by atoms with E-state index in [4.69, 9.17) is 23.0 Å². The number of rotatable bonds is 10. The fraction of sp³-hybridized carbons (Fsp3) is 0.381. The maximum atomic E-state index is 13.3. The number of aryl methyl sites for hydroxylation is 1. The third-order valence-electron chi connectivity index (χ3n) is 4.49. The van der Waals surface area contributed by atoms with Crippen LogP contribution in [-0.2, 0) is 27.9 Å². The van der Waals surface area contributed by atoms with Crippen molar-refractivity contribution < 1.29 is 32.4 Å². The quantitative estimate of drug-likeness (QED) is 0.309. The minimum absolute atomic E-state index is 0.128. The van der Waals surface area contributed by atoms with Crippen LogP contribution >= 0.6 is 7.82 Å². The van der Waals surface area contributed by atoms with Gasteiger partial charge in [-0.1, -0.05) is 24.3 Å². The second-order valence-electron chi connectivity index (χ2n) is 7.08. The van der Waals surface area contributed by atoms with Crippen molar-refractivity contribution in [1.29, 1.82) is 0 Å². The van der Waals surface area contributed by atoms with Crippen molar-refractivity contribution in [3.8, 4) is 5.75 Å². The molecule has 1 N–H and O–H groups in total. The number of hydrogen-bond acceptors (Lipinski definition) is 9. The standard InChI is InChI=1S/C21H25N2O9P/c1-4-28-20(25)15(3)31-33(27,32-16-8-6-5-7-9-16)29-13-17-10-11-18(30-17)23-12-14(2)19(24)22-21(23)26/h5-12,15,17-18H,4,13H2,1-3H3,(H,22,24,26)/t15-,17-,18+,33?/m0/s1. The van der Waals surface area contributed by atoms with Crippen LogP contribution in [0, 0.1) is 6.92 Å². The van der Waals surface area contributed by atoms with Gasteiger partial charge in [0.2, 0.25) is 0 Å². The molecule has 1 aliphatic rings. The molecule has 0 fully saturated rings. The van der Waals surface area contributed by atoms with Gasteiger partial charge in [0.05, 0.1) is 13.2 Å². The van der Waals surface area contributed by atoms with E-state index in [1.807, 2.05) is 0 Å². The van der Waals surface area contributed by atoms with Gasteiger partial charge in [-0.3, -0.25) is 23.4 Å². The van der Waals surface area contributed by atoms with Gasteiger partial charge in [-0.15, -0.1) is 0 Å². The first-order valence-corrected chi connectivity index (χ1v) is 11.7. The second kappa shape index (κ2) is 10.8. The van der Waals surface area contributed by atoms with Gasteiger partial charge in [0.15, 0.2) is 12.3 Å². The van der Waals surface area contributed by atoms with Gasteiger partial charge in [-0.2, -0.15) is 0 Å². The van der Waals surface area contributed by atoms with Gasteiger partial charge in [-0.05, 0) is 39.0 Å².